The van der Waals surface area contributed by atoms with Crippen molar-refractivity contribution in [2.45, 2.75) is 45.3 Å². The van der Waals surface area contributed by atoms with Crippen molar-refractivity contribution in [2.75, 3.05) is 0 Å². The summed E-state index contributed by atoms with van der Waals surface area (Å²) in [7, 11) is 0. The number of aryl methyl sites for hydroxylation is 1. The molecule has 0 spiro atoms. The molecule has 1 saturated carbocycles. The molecule has 1 fully saturated rings. The van der Waals surface area contributed by atoms with Crippen LogP contribution in [0, 0.1) is 6.92 Å². The van der Waals surface area contributed by atoms with Crippen LogP contribution in [-0.2, 0) is 5.54 Å². The quantitative estimate of drug-likeness (QED) is 0.823. The second kappa shape index (κ2) is 3.53. The highest BCUT2D eigenvalue weighted by Gasteiger charge is 2.40. The zero-order valence-electron chi connectivity index (χ0n) is 9.71. The Balaban J connectivity index is 2.23. The van der Waals surface area contributed by atoms with Gasteiger partial charge in [0.25, 0.3) is 0 Å². The van der Waals surface area contributed by atoms with Crippen LogP contribution >= 0.6 is 0 Å². The van der Waals surface area contributed by atoms with E-state index in [1.54, 1.807) is 0 Å². The lowest BCUT2D eigenvalue weighted by Crippen LogP contribution is -2.18. The van der Waals surface area contributed by atoms with Crippen LogP contribution in [0.1, 0.15) is 37.8 Å². The number of ether oxygens (including phenoxy) is 1. The summed E-state index contributed by atoms with van der Waals surface area (Å²) in [6.45, 7) is 6.16. The van der Waals surface area contributed by atoms with E-state index >= 15 is 0 Å². The van der Waals surface area contributed by atoms with E-state index in [0.29, 0.717) is 0 Å². The van der Waals surface area contributed by atoms with Crippen LogP contribution in [0.4, 0.5) is 0 Å². The van der Waals surface area contributed by atoms with E-state index in [1.165, 1.54) is 11.1 Å². The Morgan fingerprint density at radius 1 is 1.33 bits per heavy atom. The van der Waals surface area contributed by atoms with Crippen molar-refractivity contribution in [2.24, 2.45) is 5.73 Å². The summed E-state index contributed by atoms with van der Waals surface area (Å²) in [5, 5.41) is 0. The second-order valence-electron chi connectivity index (χ2n) is 4.80. The van der Waals surface area contributed by atoms with Crippen molar-refractivity contribution in [3.8, 4) is 5.75 Å². The van der Waals surface area contributed by atoms with E-state index < -0.39 is 0 Å². The lowest BCUT2D eigenvalue weighted by Gasteiger charge is -2.15. The summed E-state index contributed by atoms with van der Waals surface area (Å²) in [5.74, 6) is 0.970. The number of hydrogen-bond donors (Lipinski definition) is 1. The zero-order valence-corrected chi connectivity index (χ0v) is 9.71. The number of rotatable bonds is 3. The lowest BCUT2D eigenvalue weighted by atomic mass is 10.0. The monoisotopic (exact) mass is 205 g/mol. The van der Waals surface area contributed by atoms with E-state index in [4.69, 9.17) is 10.5 Å². The standard InChI is InChI=1S/C13H19NO/c1-9(2)15-12-5-4-11(8-10(12)3)13(14)6-7-13/h4-5,8-9H,6-7,14H2,1-3H3. The first-order valence-electron chi connectivity index (χ1n) is 5.58. The Bertz CT molecular complexity index is 367. The van der Waals surface area contributed by atoms with Crippen molar-refractivity contribution in [3.05, 3.63) is 29.3 Å². The molecule has 0 radical (unpaired) electrons. The normalized spacial score (nSPS) is 17.9. The Morgan fingerprint density at radius 2 is 2.00 bits per heavy atom. The molecule has 2 heteroatoms. The largest absolute Gasteiger partial charge is 0.491 e. The van der Waals surface area contributed by atoms with Crippen molar-refractivity contribution < 1.29 is 4.74 Å². The Kier molecular flexibility index (Phi) is 2.47. The first kappa shape index (κ1) is 10.5. The smallest absolute Gasteiger partial charge is 0.122 e. The molecule has 15 heavy (non-hydrogen) atoms. The highest BCUT2D eigenvalue weighted by atomic mass is 16.5. The van der Waals surface area contributed by atoms with Gasteiger partial charge >= 0.3 is 0 Å². The van der Waals surface area contributed by atoms with Gasteiger partial charge in [0.15, 0.2) is 0 Å². The van der Waals surface area contributed by atoms with E-state index in [-0.39, 0.29) is 11.6 Å². The molecule has 0 aliphatic heterocycles. The van der Waals surface area contributed by atoms with E-state index in [2.05, 4.69) is 19.1 Å². The van der Waals surface area contributed by atoms with Crippen LogP contribution in [-0.4, -0.2) is 6.10 Å². The third kappa shape index (κ3) is 2.15. The van der Waals surface area contributed by atoms with Gasteiger partial charge in [0.1, 0.15) is 5.75 Å². The molecule has 0 atom stereocenters. The molecule has 0 saturated heterocycles. The van der Waals surface area contributed by atoms with Gasteiger partial charge in [-0.25, -0.2) is 0 Å². The fourth-order valence-corrected chi connectivity index (χ4v) is 1.77. The third-order valence-electron chi connectivity index (χ3n) is 2.90. The Labute approximate surface area is 91.4 Å². The predicted molar refractivity (Wildman–Crippen MR) is 62.0 cm³/mol. The molecule has 1 aliphatic carbocycles. The molecule has 2 rings (SSSR count). The number of nitrogens with two attached hydrogens (primary N) is 1. The molecule has 0 heterocycles. The molecule has 1 aromatic carbocycles. The molecule has 2 N–H and O–H groups in total. The molecular weight excluding hydrogens is 186 g/mol. The number of benzene rings is 1. The fourth-order valence-electron chi connectivity index (χ4n) is 1.77. The van der Waals surface area contributed by atoms with Gasteiger partial charge in [0.05, 0.1) is 6.10 Å². The molecule has 82 valence electrons. The van der Waals surface area contributed by atoms with Gasteiger partial charge in [-0.3, -0.25) is 0 Å². The van der Waals surface area contributed by atoms with Crippen LogP contribution < -0.4 is 10.5 Å². The summed E-state index contributed by atoms with van der Waals surface area (Å²) in [6.07, 6.45) is 2.44. The van der Waals surface area contributed by atoms with E-state index in [9.17, 15) is 0 Å². The van der Waals surface area contributed by atoms with Gasteiger partial charge < -0.3 is 10.5 Å². The van der Waals surface area contributed by atoms with E-state index in [0.717, 1.165) is 18.6 Å². The summed E-state index contributed by atoms with van der Waals surface area (Å²) in [6, 6.07) is 6.29. The van der Waals surface area contributed by atoms with Crippen LogP contribution in [0.25, 0.3) is 0 Å². The molecule has 1 aliphatic rings. The molecule has 0 bridgehead atoms. The highest BCUT2D eigenvalue weighted by Crippen LogP contribution is 2.43. The van der Waals surface area contributed by atoms with Gasteiger partial charge in [0.2, 0.25) is 0 Å². The summed E-state index contributed by atoms with van der Waals surface area (Å²) < 4.78 is 5.69. The fraction of sp³-hybridized carbons (Fsp3) is 0.538. The van der Waals surface area contributed by atoms with Crippen LogP contribution in [0.5, 0.6) is 5.75 Å². The molecular formula is C13H19NO. The maximum absolute atomic E-state index is 6.15. The molecule has 0 amide bonds. The third-order valence-corrected chi connectivity index (χ3v) is 2.90. The molecule has 0 aromatic heterocycles. The molecule has 1 aromatic rings. The molecule has 0 unspecified atom stereocenters. The van der Waals surface area contributed by atoms with Gasteiger partial charge in [-0.1, -0.05) is 12.1 Å². The van der Waals surface area contributed by atoms with Crippen molar-refractivity contribution in [3.63, 3.8) is 0 Å². The minimum Gasteiger partial charge on any atom is -0.491 e. The van der Waals surface area contributed by atoms with Gasteiger partial charge in [-0.2, -0.15) is 0 Å². The van der Waals surface area contributed by atoms with Gasteiger partial charge in [-0.05, 0) is 50.8 Å². The summed E-state index contributed by atoms with van der Waals surface area (Å²) in [5.41, 5.74) is 8.53. The van der Waals surface area contributed by atoms with Crippen molar-refractivity contribution in [1.29, 1.82) is 0 Å². The Hall–Kier alpha value is -1.02. The minimum absolute atomic E-state index is 0.0406. The van der Waals surface area contributed by atoms with Crippen molar-refractivity contribution >= 4 is 0 Å². The number of hydrogen-bond acceptors (Lipinski definition) is 2. The Morgan fingerprint density at radius 3 is 2.47 bits per heavy atom. The van der Waals surface area contributed by atoms with Gasteiger partial charge in [0, 0.05) is 5.54 Å². The second-order valence-corrected chi connectivity index (χ2v) is 4.80. The van der Waals surface area contributed by atoms with Crippen LogP contribution in [0.3, 0.4) is 0 Å². The maximum Gasteiger partial charge on any atom is 0.122 e. The molecule has 2 nitrogen and oxygen atoms in total. The highest BCUT2D eigenvalue weighted by molar-refractivity contribution is 5.41. The summed E-state index contributed by atoms with van der Waals surface area (Å²) >= 11 is 0. The van der Waals surface area contributed by atoms with Crippen molar-refractivity contribution in [1.82, 2.24) is 0 Å². The van der Waals surface area contributed by atoms with Crippen LogP contribution in [0.15, 0.2) is 18.2 Å². The minimum atomic E-state index is -0.0406. The van der Waals surface area contributed by atoms with E-state index in [1.807, 2.05) is 19.9 Å². The van der Waals surface area contributed by atoms with Crippen LogP contribution in [0.2, 0.25) is 0 Å². The topological polar surface area (TPSA) is 35.2 Å². The SMILES string of the molecule is Cc1cc(C2(N)CC2)ccc1OC(C)C. The average molecular weight is 205 g/mol. The lowest BCUT2D eigenvalue weighted by molar-refractivity contribution is 0.240. The zero-order chi connectivity index (χ0) is 11.1. The predicted octanol–water partition coefficient (Wildman–Crippen LogP) is 2.73. The summed E-state index contributed by atoms with van der Waals surface area (Å²) in [4.78, 5) is 0. The first-order chi connectivity index (χ1) is 7.01. The average Bonchev–Trinajstić information content (AvgIpc) is 2.88. The maximum atomic E-state index is 6.15. The first-order valence-corrected chi connectivity index (χ1v) is 5.58. The van der Waals surface area contributed by atoms with Gasteiger partial charge in [-0.15, -0.1) is 0 Å².